The van der Waals surface area contributed by atoms with Crippen molar-refractivity contribution in [3.63, 3.8) is 0 Å². The first-order valence-corrected chi connectivity index (χ1v) is 10.2. The van der Waals surface area contributed by atoms with E-state index in [1.807, 2.05) is 0 Å². The molecule has 0 N–H and O–H groups in total. The molecular weight excluding hydrogens is 283 g/mol. The van der Waals surface area contributed by atoms with E-state index in [0.29, 0.717) is 10.6 Å². The van der Waals surface area contributed by atoms with E-state index in [0.717, 1.165) is 11.8 Å². The predicted octanol–water partition coefficient (Wildman–Crippen LogP) is 7.03. The Morgan fingerprint density at radius 3 is 2.55 bits per heavy atom. The molecular formula is C21H35P. The third-order valence-electron chi connectivity index (χ3n) is 5.18. The van der Waals surface area contributed by atoms with Crippen LogP contribution in [0.4, 0.5) is 0 Å². The van der Waals surface area contributed by atoms with Crippen LogP contribution >= 0.6 is 8.20 Å². The van der Waals surface area contributed by atoms with Crippen LogP contribution in [0.1, 0.15) is 80.1 Å². The highest BCUT2D eigenvalue weighted by Crippen LogP contribution is 2.67. The van der Waals surface area contributed by atoms with Crippen LogP contribution in [-0.2, 0) is 0 Å². The lowest BCUT2D eigenvalue weighted by Gasteiger charge is -2.18. The summed E-state index contributed by atoms with van der Waals surface area (Å²) in [4.78, 5) is 0. The molecule has 1 heteroatoms. The van der Waals surface area contributed by atoms with Crippen molar-refractivity contribution >= 4 is 14.0 Å². The number of fused-ring (bicyclic) bond motifs is 1. The van der Waals surface area contributed by atoms with Gasteiger partial charge in [-0.15, -0.1) is 8.20 Å². The topological polar surface area (TPSA) is 0 Å². The van der Waals surface area contributed by atoms with E-state index in [4.69, 9.17) is 0 Å². The van der Waals surface area contributed by atoms with Gasteiger partial charge in [-0.2, -0.15) is 0 Å². The molecule has 2 aliphatic carbocycles. The van der Waals surface area contributed by atoms with Gasteiger partial charge in [0, 0.05) is 5.16 Å². The molecule has 0 aliphatic heterocycles. The Kier molecular flexibility index (Phi) is 5.76. The highest BCUT2D eigenvalue weighted by atomic mass is 31.1. The molecule has 2 aliphatic rings. The van der Waals surface area contributed by atoms with Crippen LogP contribution in [0.3, 0.4) is 0 Å². The fourth-order valence-electron chi connectivity index (χ4n) is 3.82. The normalized spacial score (nSPS) is 32.6. The molecule has 124 valence electrons. The lowest BCUT2D eigenvalue weighted by molar-refractivity contribution is 0.552. The molecule has 3 unspecified atom stereocenters. The Bertz CT molecular complexity index is 475. The van der Waals surface area contributed by atoms with Gasteiger partial charge in [-0.25, -0.2) is 0 Å². The van der Waals surface area contributed by atoms with Crippen molar-refractivity contribution in [3.05, 3.63) is 23.3 Å². The number of rotatable bonds is 6. The third kappa shape index (κ3) is 4.58. The Morgan fingerprint density at radius 1 is 1.23 bits per heavy atom. The highest BCUT2D eigenvalue weighted by molar-refractivity contribution is 7.41. The summed E-state index contributed by atoms with van der Waals surface area (Å²) in [6.45, 7) is 13.9. The van der Waals surface area contributed by atoms with Crippen molar-refractivity contribution in [1.29, 1.82) is 0 Å². The summed E-state index contributed by atoms with van der Waals surface area (Å²) in [6, 6.07) is 0. The molecule has 2 fully saturated rings. The second-order valence-electron chi connectivity index (χ2n) is 8.58. The minimum absolute atomic E-state index is 0.366. The van der Waals surface area contributed by atoms with Gasteiger partial charge in [0.15, 0.2) is 0 Å². The average Bonchev–Trinajstić information content (AvgIpc) is 3.01. The standard InChI is InChI=1S/C21H35P/c1-7-9-10-16(3)11-17(8-2)18-12-19-14-21(19,13-18)22-15-20(4,5)6/h10-11,15,18-19H,7-9,12-14H2,1-6H3/b16-10-,17-11+. The molecule has 0 bridgehead atoms. The summed E-state index contributed by atoms with van der Waals surface area (Å²) in [5.74, 6) is 4.42. The van der Waals surface area contributed by atoms with Crippen LogP contribution in [0.15, 0.2) is 23.3 Å². The van der Waals surface area contributed by atoms with Gasteiger partial charge in [0.2, 0.25) is 0 Å². The average molecular weight is 318 g/mol. The maximum atomic E-state index is 2.55. The Morgan fingerprint density at radius 2 is 1.95 bits per heavy atom. The van der Waals surface area contributed by atoms with E-state index in [-0.39, 0.29) is 0 Å². The van der Waals surface area contributed by atoms with E-state index >= 15 is 0 Å². The van der Waals surface area contributed by atoms with E-state index in [1.54, 1.807) is 13.8 Å². The minimum Gasteiger partial charge on any atom is -0.101 e. The van der Waals surface area contributed by atoms with Crippen molar-refractivity contribution in [1.82, 2.24) is 0 Å². The zero-order chi connectivity index (χ0) is 16.4. The molecule has 3 atom stereocenters. The number of hydrogen-bond donors (Lipinski definition) is 0. The first-order chi connectivity index (χ1) is 10.3. The summed E-state index contributed by atoms with van der Waals surface area (Å²) < 4.78 is 0. The fraction of sp³-hybridized carbons (Fsp3) is 0.762. The van der Waals surface area contributed by atoms with Crippen molar-refractivity contribution in [3.8, 4) is 0 Å². The smallest absolute Gasteiger partial charge is 0.0157 e. The molecule has 0 aromatic rings. The summed E-state index contributed by atoms with van der Waals surface area (Å²) in [7, 11) is 1.62. The summed E-state index contributed by atoms with van der Waals surface area (Å²) >= 11 is 0. The van der Waals surface area contributed by atoms with E-state index in [1.165, 1.54) is 44.1 Å². The molecule has 0 saturated heterocycles. The number of allylic oxidation sites excluding steroid dienone is 4. The first kappa shape index (κ1) is 18.0. The van der Waals surface area contributed by atoms with Gasteiger partial charge < -0.3 is 0 Å². The lowest BCUT2D eigenvalue weighted by atomic mass is 9.90. The van der Waals surface area contributed by atoms with Crippen LogP contribution in [0, 0.1) is 17.3 Å². The van der Waals surface area contributed by atoms with Crippen molar-refractivity contribution < 1.29 is 0 Å². The summed E-state index contributed by atoms with van der Waals surface area (Å²) in [5, 5.41) is 0.660. The largest absolute Gasteiger partial charge is 0.101 e. The molecule has 0 heterocycles. The SMILES string of the molecule is CCC/C=C(C)\C=C(/CC)C1CC2CC2(P=CC(C)(C)C)C1. The second-order valence-corrected chi connectivity index (χ2v) is 9.98. The van der Waals surface area contributed by atoms with Gasteiger partial charge in [-0.05, 0) is 56.3 Å². The van der Waals surface area contributed by atoms with Gasteiger partial charge in [-0.1, -0.05) is 70.1 Å². The molecule has 0 aromatic carbocycles. The Balaban J connectivity index is 2.03. The zero-order valence-electron chi connectivity index (χ0n) is 15.6. The van der Waals surface area contributed by atoms with E-state index in [9.17, 15) is 0 Å². The van der Waals surface area contributed by atoms with E-state index in [2.05, 4.69) is 59.5 Å². The monoisotopic (exact) mass is 318 g/mol. The molecule has 22 heavy (non-hydrogen) atoms. The van der Waals surface area contributed by atoms with Gasteiger partial charge >= 0.3 is 0 Å². The quantitative estimate of drug-likeness (QED) is 0.364. The molecule has 2 rings (SSSR count). The van der Waals surface area contributed by atoms with Crippen molar-refractivity contribution in [2.24, 2.45) is 17.3 Å². The minimum atomic E-state index is 0.366. The van der Waals surface area contributed by atoms with Crippen molar-refractivity contribution in [2.45, 2.75) is 85.2 Å². The molecule has 2 saturated carbocycles. The summed E-state index contributed by atoms with van der Waals surface area (Å²) in [6.07, 6.45) is 13.0. The van der Waals surface area contributed by atoms with Gasteiger partial charge in [0.05, 0.1) is 0 Å². The Labute approximate surface area is 140 Å². The molecule has 0 amide bonds. The van der Waals surface area contributed by atoms with Crippen molar-refractivity contribution in [2.75, 3.05) is 0 Å². The third-order valence-corrected chi connectivity index (χ3v) is 7.33. The van der Waals surface area contributed by atoms with Crippen LogP contribution in [0.5, 0.6) is 0 Å². The fourth-order valence-corrected chi connectivity index (χ4v) is 5.43. The maximum absolute atomic E-state index is 2.55. The van der Waals surface area contributed by atoms with Gasteiger partial charge in [0.25, 0.3) is 0 Å². The Hall–Kier alpha value is -0.350. The van der Waals surface area contributed by atoms with E-state index < -0.39 is 0 Å². The molecule has 0 spiro atoms. The first-order valence-electron chi connectivity index (χ1n) is 9.23. The maximum Gasteiger partial charge on any atom is 0.0157 e. The van der Waals surface area contributed by atoms with Gasteiger partial charge in [-0.3, -0.25) is 0 Å². The number of unbranched alkanes of at least 4 members (excludes halogenated alkanes) is 1. The second kappa shape index (κ2) is 7.04. The van der Waals surface area contributed by atoms with Crippen LogP contribution < -0.4 is 0 Å². The molecule has 0 nitrogen and oxygen atoms in total. The van der Waals surface area contributed by atoms with Crippen LogP contribution in [-0.4, -0.2) is 11.0 Å². The predicted molar refractivity (Wildman–Crippen MR) is 103 cm³/mol. The van der Waals surface area contributed by atoms with Crippen LogP contribution in [0.2, 0.25) is 0 Å². The van der Waals surface area contributed by atoms with Gasteiger partial charge in [0.1, 0.15) is 0 Å². The lowest BCUT2D eigenvalue weighted by Crippen LogP contribution is -2.09. The highest BCUT2D eigenvalue weighted by Gasteiger charge is 2.59. The van der Waals surface area contributed by atoms with Crippen LogP contribution in [0.25, 0.3) is 0 Å². The number of hydrogen-bond acceptors (Lipinski definition) is 0. The molecule has 0 radical (unpaired) electrons. The molecule has 0 aromatic heterocycles. The zero-order valence-corrected chi connectivity index (χ0v) is 16.5. The summed E-state index contributed by atoms with van der Waals surface area (Å²) in [5.41, 5.74) is 3.55.